The molecule has 8 heteroatoms. The average Bonchev–Trinajstić information content (AvgIpc) is 2.93. The van der Waals surface area contributed by atoms with Gasteiger partial charge in [-0.3, -0.25) is 10.1 Å². The van der Waals surface area contributed by atoms with E-state index < -0.39 is 14.9 Å². The van der Waals surface area contributed by atoms with Gasteiger partial charge in [-0.25, -0.2) is 17.4 Å². The van der Waals surface area contributed by atoms with E-state index >= 15 is 0 Å². The number of fused-ring (bicyclic) bond motifs is 1. The molecular formula is C15H9N3O4S. The number of hydrogen-bond acceptors (Lipinski definition) is 5. The summed E-state index contributed by atoms with van der Waals surface area (Å²) in [7, 11) is -3.96. The monoisotopic (exact) mass is 327 g/mol. The number of rotatable bonds is 3. The van der Waals surface area contributed by atoms with Crippen LogP contribution in [0.3, 0.4) is 0 Å². The highest BCUT2D eigenvalue weighted by Crippen LogP contribution is 2.26. The molecule has 0 aliphatic carbocycles. The van der Waals surface area contributed by atoms with Gasteiger partial charge in [-0.05, 0) is 18.2 Å². The van der Waals surface area contributed by atoms with E-state index in [4.69, 9.17) is 6.42 Å². The summed E-state index contributed by atoms with van der Waals surface area (Å²) in [5, 5.41) is 11.1. The molecule has 0 saturated heterocycles. The lowest BCUT2D eigenvalue weighted by atomic mass is 10.3. The van der Waals surface area contributed by atoms with Crippen LogP contribution in [0.4, 0.5) is 5.69 Å². The van der Waals surface area contributed by atoms with Gasteiger partial charge in [-0.15, -0.1) is 6.42 Å². The molecule has 114 valence electrons. The zero-order chi connectivity index (χ0) is 16.6. The second-order valence-corrected chi connectivity index (χ2v) is 6.41. The molecule has 7 nitrogen and oxygen atoms in total. The minimum Gasteiger partial charge on any atom is -0.258 e. The fourth-order valence-electron chi connectivity index (χ4n) is 2.20. The normalized spacial score (nSPS) is 11.3. The van der Waals surface area contributed by atoms with E-state index in [1.807, 2.05) is 0 Å². The molecule has 0 unspecified atom stereocenters. The second-order valence-electron chi connectivity index (χ2n) is 4.62. The summed E-state index contributed by atoms with van der Waals surface area (Å²) >= 11 is 0. The number of hydrogen-bond donors (Lipinski definition) is 0. The summed E-state index contributed by atoms with van der Waals surface area (Å²) < 4.78 is 26.5. The van der Waals surface area contributed by atoms with E-state index in [1.54, 1.807) is 18.2 Å². The maximum atomic E-state index is 12.8. The molecule has 0 amide bonds. The number of benzene rings is 1. The zero-order valence-electron chi connectivity index (χ0n) is 11.6. The standard InChI is InChI=1S/C15H9N3O4S/c1-2-12-8-11-9-13(18(19)20)10-16-15(11)17(12)23(21,22)14-6-4-3-5-7-14/h1,3-10H. The lowest BCUT2D eigenvalue weighted by Crippen LogP contribution is -2.15. The van der Waals surface area contributed by atoms with Gasteiger partial charge < -0.3 is 0 Å². The van der Waals surface area contributed by atoms with Crippen LogP contribution in [0.25, 0.3) is 11.0 Å². The van der Waals surface area contributed by atoms with Crippen molar-refractivity contribution in [2.24, 2.45) is 0 Å². The molecule has 0 atom stereocenters. The molecule has 3 rings (SSSR count). The van der Waals surface area contributed by atoms with Crippen LogP contribution in [0.5, 0.6) is 0 Å². The topological polar surface area (TPSA) is 95.1 Å². The van der Waals surface area contributed by atoms with E-state index in [2.05, 4.69) is 10.9 Å². The molecule has 0 radical (unpaired) electrons. The second kappa shape index (κ2) is 5.23. The Morgan fingerprint density at radius 1 is 1.22 bits per heavy atom. The number of nitrogens with zero attached hydrogens (tertiary/aromatic N) is 3. The Labute approximate surface area is 131 Å². The third kappa shape index (κ3) is 2.33. The molecule has 0 aliphatic heterocycles. The van der Waals surface area contributed by atoms with Crippen molar-refractivity contribution in [3.63, 3.8) is 0 Å². The maximum absolute atomic E-state index is 12.8. The molecule has 3 aromatic rings. The van der Waals surface area contributed by atoms with E-state index in [-0.39, 0.29) is 27.3 Å². The first-order chi connectivity index (χ1) is 10.9. The molecule has 0 aliphatic rings. The third-order valence-corrected chi connectivity index (χ3v) is 4.94. The van der Waals surface area contributed by atoms with Crippen molar-refractivity contribution < 1.29 is 13.3 Å². The highest BCUT2D eigenvalue weighted by Gasteiger charge is 2.24. The van der Waals surface area contributed by atoms with Crippen LogP contribution in [-0.2, 0) is 10.0 Å². The van der Waals surface area contributed by atoms with Crippen LogP contribution in [0.2, 0.25) is 0 Å². The number of nitro groups is 1. The molecule has 23 heavy (non-hydrogen) atoms. The van der Waals surface area contributed by atoms with Gasteiger partial charge >= 0.3 is 0 Å². The van der Waals surface area contributed by atoms with Gasteiger partial charge in [-0.1, -0.05) is 24.1 Å². The summed E-state index contributed by atoms with van der Waals surface area (Å²) in [5.41, 5.74) is -0.139. The van der Waals surface area contributed by atoms with Crippen molar-refractivity contribution in [3.8, 4) is 12.3 Å². The van der Waals surface area contributed by atoms with Crippen molar-refractivity contribution in [2.75, 3.05) is 0 Å². The van der Waals surface area contributed by atoms with Crippen LogP contribution in [0.1, 0.15) is 5.69 Å². The smallest absolute Gasteiger partial charge is 0.258 e. The average molecular weight is 327 g/mol. The quantitative estimate of drug-likeness (QED) is 0.417. The molecule has 2 aromatic heterocycles. The lowest BCUT2D eigenvalue weighted by molar-refractivity contribution is -0.385. The minimum absolute atomic E-state index is 0.0485. The maximum Gasteiger partial charge on any atom is 0.288 e. The Balaban J connectivity index is 2.33. The van der Waals surface area contributed by atoms with Gasteiger partial charge in [0.1, 0.15) is 11.9 Å². The highest BCUT2D eigenvalue weighted by atomic mass is 32.2. The molecule has 0 bridgehead atoms. The molecule has 0 fully saturated rings. The van der Waals surface area contributed by atoms with Gasteiger partial charge in [0.25, 0.3) is 15.7 Å². The van der Waals surface area contributed by atoms with Crippen molar-refractivity contribution >= 4 is 26.7 Å². The van der Waals surface area contributed by atoms with Crippen LogP contribution < -0.4 is 0 Å². The van der Waals surface area contributed by atoms with Crippen molar-refractivity contribution in [1.82, 2.24) is 8.96 Å². The predicted molar refractivity (Wildman–Crippen MR) is 83.3 cm³/mol. The van der Waals surface area contributed by atoms with Crippen molar-refractivity contribution in [2.45, 2.75) is 4.90 Å². The Bertz CT molecular complexity index is 1060. The van der Waals surface area contributed by atoms with E-state index in [1.165, 1.54) is 24.3 Å². The van der Waals surface area contributed by atoms with Crippen molar-refractivity contribution in [3.05, 3.63) is 64.5 Å². The SMILES string of the molecule is C#Cc1cc2cc([N+](=O)[O-])cnc2n1S(=O)(=O)c1ccccc1. The Hall–Kier alpha value is -3.18. The molecular weight excluding hydrogens is 318 g/mol. The zero-order valence-corrected chi connectivity index (χ0v) is 12.4. The first-order valence-corrected chi connectivity index (χ1v) is 7.82. The first-order valence-electron chi connectivity index (χ1n) is 6.38. The van der Waals surface area contributed by atoms with Gasteiger partial charge in [0, 0.05) is 11.5 Å². The molecule has 1 aromatic carbocycles. The summed E-state index contributed by atoms with van der Waals surface area (Å²) in [4.78, 5) is 14.2. The van der Waals surface area contributed by atoms with E-state index in [0.717, 1.165) is 10.2 Å². The Morgan fingerprint density at radius 3 is 2.52 bits per heavy atom. The fraction of sp³-hybridized carbons (Fsp3) is 0. The molecule has 0 saturated carbocycles. The fourth-order valence-corrected chi connectivity index (χ4v) is 3.66. The number of pyridine rings is 1. The first kappa shape index (κ1) is 14.7. The summed E-state index contributed by atoms with van der Waals surface area (Å²) in [6.07, 6.45) is 6.39. The number of terminal acetylenes is 1. The summed E-state index contributed by atoms with van der Waals surface area (Å²) in [5.74, 6) is 2.28. The van der Waals surface area contributed by atoms with Gasteiger partial charge in [0.15, 0.2) is 5.65 Å². The molecule has 0 N–H and O–H groups in total. The minimum atomic E-state index is -3.96. The van der Waals surface area contributed by atoms with E-state index in [0.29, 0.717) is 0 Å². The van der Waals surface area contributed by atoms with Crippen LogP contribution in [0.15, 0.2) is 53.6 Å². The summed E-state index contributed by atoms with van der Waals surface area (Å²) in [6, 6.07) is 10.4. The lowest BCUT2D eigenvalue weighted by Gasteiger charge is -2.08. The van der Waals surface area contributed by atoms with Crippen LogP contribution >= 0.6 is 0 Å². The summed E-state index contributed by atoms with van der Waals surface area (Å²) in [6.45, 7) is 0. The largest absolute Gasteiger partial charge is 0.288 e. The van der Waals surface area contributed by atoms with E-state index in [9.17, 15) is 18.5 Å². The van der Waals surface area contributed by atoms with Crippen LogP contribution in [-0.4, -0.2) is 22.3 Å². The number of aromatic nitrogens is 2. The van der Waals surface area contributed by atoms with Crippen LogP contribution in [0, 0.1) is 22.5 Å². The molecule has 0 spiro atoms. The molecule has 2 heterocycles. The predicted octanol–water partition coefficient (Wildman–Crippen LogP) is 2.16. The van der Waals surface area contributed by atoms with Gasteiger partial charge in [0.2, 0.25) is 0 Å². The highest BCUT2D eigenvalue weighted by molar-refractivity contribution is 7.90. The Kier molecular flexibility index (Phi) is 3.35. The Morgan fingerprint density at radius 2 is 1.91 bits per heavy atom. The van der Waals surface area contributed by atoms with Crippen molar-refractivity contribution in [1.29, 1.82) is 0 Å². The third-order valence-electron chi connectivity index (χ3n) is 3.22. The van der Waals surface area contributed by atoms with Gasteiger partial charge in [-0.2, -0.15) is 0 Å². The van der Waals surface area contributed by atoms with Gasteiger partial charge in [0.05, 0.1) is 9.82 Å².